The minimum Gasteiger partial charge on any atom is -0.497 e. The van der Waals surface area contributed by atoms with E-state index in [1.165, 1.54) is 0 Å². The van der Waals surface area contributed by atoms with Crippen LogP contribution in [0.25, 0.3) is 0 Å². The summed E-state index contributed by atoms with van der Waals surface area (Å²) in [5, 5.41) is 8.40. The zero-order chi connectivity index (χ0) is 22.8. The molecular formula is C25H27N3O4S. The number of methoxy groups -OCH3 is 2. The second-order valence-electron chi connectivity index (χ2n) is 8.23. The van der Waals surface area contributed by atoms with E-state index in [1.54, 1.807) is 36.8 Å². The molecule has 1 saturated heterocycles. The SMILES string of the molecule is COc1ccc(OC)c(C2CCCN2CC(=O)N2N=C(c3ccco3)CC2c2cccs2)c1. The lowest BCUT2D eigenvalue weighted by atomic mass is 10.0. The predicted molar refractivity (Wildman–Crippen MR) is 127 cm³/mol. The summed E-state index contributed by atoms with van der Waals surface area (Å²) in [5.41, 5.74) is 1.86. The molecule has 1 aromatic carbocycles. The van der Waals surface area contributed by atoms with E-state index in [4.69, 9.17) is 19.0 Å². The summed E-state index contributed by atoms with van der Waals surface area (Å²) < 4.78 is 16.6. The van der Waals surface area contributed by atoms with E-state index in [0.29, 0.717) is 18.7 Å². The summed E-state index contributed by atoms with van der Waals surface area (Å²) in [4.78, 5) is 16.9. The molecule has 0 aliphatic carbocycles. The first-order valence-corrected chi connectivity index (χ1v) is 12.0. The fourth-order valence-corrected chi connectivity index (χ4v) is 5.56. The van der Waals surface area contributed by atoms with Gasteiger partial charge in [-0.3, -0.25) is 9.69 Å². The zero-order valence-electron chi connectivity index (χ0n) is 18.8. The molecule has 0 bridgehead atoms. The lowest BCUT2D eigenvalue weighted by Gasteiger charge is -2.28. The van der Waals surface area contributed by atoms with Crippen molar-refractivity contribution in [3.8, 4) is 11.5 Å². The number of likely N-dealkylation sites (tertiary alicyclic amines) is 1. The quantitative estimate of drug-likeness (QED) is 0.498. The third-order valence-corrected chi connectivity index (χ3v) is 7.31. The van der Waals surface area contributed by atoms with E-state index in [-0.39, 0.29) is 18.0 Å². The second kappa shape index (κ2) is 9.41. The minimum atomic E-state index is -0.106. The van der Waals surface area contributed by atoms with Crippen LogP contribution in [-0.2, 0) is 4.79 Å². The molecular weight excluding hydrogens is 438 g/mol. The summed E-state index contributed by atoms with van der Waals surface area (Å²) >= 11 is 1.65. The molecule has 0 saturated carbocycles. The molecule has 3 aromatic rings. The summed E-state index contributed by atoms with van der Waals surface area (Å²) in [6.45, 7) is 1.14. The van der Waals surface area contributed by atoms with Gasteiger partial charge in [-0.15, -0.1) is 11.3 Å². The predicted octanol–water partition coefficient (Wildman–Crippen LogP) is 4.87. The number of thiophene rings is 1. The van der Waals surface area contributed by atoms with Crippen LogP contribution in [0.4, 0.5) is 0 Å². The van der Waals surface area contributed by atoms with Gasteiger partial charge in [0, 0.05) is 22.9 Å². The third-order valence-electron chi connectivity index (χ3n) is 6.34. The molecule has 1 amide bonds. The maximum atomic E-state index is 13.6. The number of carbonyl (C=O) groups is 1. The molecule has 0 radical (unpaired) electrons. The summed E-state index contributed by atoms with van der Waals surface area (Å²) in [5.74, 6) is 2.31. The molecule has 8 heteroatoms. The van der Waals surface area contributed by atoms with E-state index in [9.17, 15) is 4.79 Å². The van der Waals surface area contributed by atoms with E-state index in [0.717, 1.165) is 47.0 Å². The van der Waals surface area contributed by atoms with Crippen molar-refractivity contribution in [3.63, 3.8) is 0 Å². The highest BCUT2D eigenvalue weighted by Crippen LogP contribution is 2.40. The van der Waals surface area contributed by atoms with Crippen LogP contribution in [0.2, 0.25) is 0 Å². The lowest BCUT2D eigenvalue weighted by molar-refractivity contribution is -0.134. The molecule has 172 valence electrons. The van der Waals surface area contributed by atoms with Crippen LogP contribution in [0.1, 0.15) is 47.5 Å². The average Bonchev–Trinajstić information content (AvgIpc) is 3.63. The van der Waals surface area contributed by atoms with Gasteiger partial charge in [-0.1, -0.05) is 6.07 Å². The molecule has 4 heterocycles. The van der Waals surface area contributed by atoms with Gasteiger partial charge in [-0.05, 0) is 61.2 Å². The van der Waals surface area contributed by atoms with Crippen LogP contribution in [0.5, 0.6) is 11.5 Å². The minimum absolute atomic E-state index is 0.0104. The summed E-state index contributed by atoms with van der Waals surface area (Å²) in [6, 6.07) is 13.6. The van der Waals surface area contributed by atoms with Crippen molar-refractivity contribution in [2.45, 2.75) is 31.3 Å². The lowest BCUT2D eigenvalue weighted by Crippen LogP contribution is -2.38. The molecule has 0 spiro atoms. The Bertz CT molecular complexity index is 1130. The molecule has 5 rings (SSSR count). The van der Waals surface area contributed by atoms with Gasteiger partial charge in [-0.2, -0.15) is 5.10 Å². The van der Waals surface area contributed by atoms with Crippen LogP contribution in [0.15, 0.2) is 63.6 Å². The standard InChI is InChI=1S/C25H27N3O4S/c1-30-17-9-10-22(31-2)18(14-17)20-6-3-11-27(20)16-25(29)28-21(24-8-5-13-33-24)15-19(26-28)23-7-4-12-32-23/h4-5,7-10,12-14,20-21H,3,6,11,15-16H2,1-2H3. The molecule has 33 heavy (non-hydrogen) atoms. The fourth-order valence-electron chi connectivity index (χ4n) is 4.75. The van der Waals surface area contributed by atoms with Gasteiger partial charge < -0.3 is 13.9 Å². The monoisotopic (exact) mass is 465 g/mol. The second-order valence-corrected chi connectivity index (χ2v) is 9.21. The van der Waals surface area contributed by atoms with Gasteiger partial charge in [0.05, 0.1) is 33.1 Å². The Morgan fingerprint density at radius 3 is 2.82 bits per heavy atom. The molecule has 2 aliphatic heterocycles. The van der Waals surface area contributed by atoms with E-state index < -0.39 is 0 Å². The Kier molecular flexibility index (Phi) is 6.20. The molecule has 7 nitrogen and oxygen atoms in total. The number of hydrogen-bond acceptors (Lipinski definition) is 7. The number of ether oxygens (including phenoxy) is 2. The molecule has 2 unspecified atom stereocenters. The smallest absolute Gasteiger partial charge is 0.257 e. The average molecular weight is 466 g/mol. The van der Waals surface area contributed by atoms with Crippen molar-refractivity contribution in [2.24, 2.45) is 5.10 Å². The van der Waals surface area contributed by atoms with Crippen LogP contribution in [0.3, 0.4) is 0 Å². The Morgan fingerprint density at radius 1 is 1.18 bits per heavy atom. The number of rotatable bonds is 7. The van der Waals surface area contributed by atoms with Gasteiger partial charge in [0.1, 0.15) is 23.0 Å². The molecule has 2 atom stereocenters. The van der Waals surface area contributed by atoms with Gasteiger partial charge >= 0.3 is 0 Å². The Morgan fingerprint density at radius 2 is 2.09 bits per heavy atom. The van der Waals surface area contributed by atoms with Crippen molar-refractivity contribution >= 4 is 23.0 Å². The molecule has 1 fully saturated rings. The van der Waals surface area contributed by atoms with Crippen LogP contribution in [-0.4, -0.2) is 48.8 Å². The number of nitrogens with zero attached hydrogens (tertiary/aromatic N) is 3. The molecule has 2 aliphatic rings. The van der Waals surface area contributed by atoms with E-state index in [2.05, 4.69) is 11.0 Å². The Balaban J connectivity index is 1.39. The van der Waals surface area contributed by atoms with Crippen LogP contribution >= 0.6 is 11.3 Å². The van der Waals surface area contributed by atoms with Crippen LogP contribution in [0, 0.1) is 0 Å². The van der Waals surface area contributed by atoms with Gasteiger partial charge in [0.25, 0.3) is 5.91 Å². The van der Waals surface area contributed by atoms with Gasteiger partial charge in [-0.25, -0.2) is 5.01 Å². The highest BCUT2D eigenvalue weighted by atomic mass is 32.1. The zero-order valence-corrected chi connectivity index (χ0v) is 19.6. The fraction of sp³-hybridized carbons (Fsp3) is 0.360. The Labute approximate surface area is 197 Å². The first-order chi connectivity index (χ1) is 16.2. The highest BCUT2D eigenvalue weighted by molar-refractivity contribution is 7.10. The largest absolute Gasteiger partial charge is 0.497 e. The van der Waals surface area contributed by atoms with Crippen molar-refractivity contribution in [3.05, 3.63) is 70.3 Å². The van der Waals surface area contributed by atoms with Gasteiger partial charge in [0.15, 0.2) is 0 Å². The summed E-state index contributed by atoms with van der Waals surface area (Å²) in [6.07, 6.45) is 4.27. The normalized spacial score (nSPS) is 20.8. The number of amides is 1. The molecule has 0 N–H and O–H groups in total. The Hall–Kier alpha value is -3.10. The van der Waals surface area contributed by atoms with E-state index >= 15 is 0 Å². The maximum Gasteiger partial charge on any atom is 0.257 e. The topological polar surface area (TPSA) is 67.5 Å². The number of hydrogen-bond donors (Lipinski definition) is 0. The first-order valence-electron chi connectivity index (χ1n) is 11.1. The number of hydrazone groups is 1. The van der Waals surface area contributed by atoms with Crippen molar-refractivity contribution in [1.29, 1.82) is 0 Å². The number of carbonyl (C=O) groups excluding carboxylic acids is 1. The van der Waals surface area contributed by atoms with Crippen molar-refractivity contribution in [1.82, 2.24) is 9.91 Å². The van der Waals surface area contributed by atoms with Crippen LogP contribution < -0.4 is 9.47 Å². The van der Waals surface area contributed by atoms with E-state index in [1.807, 2.05) is 41.8 Å². The first kappa shape index (κ1) is 21.7. The van der Waals surface area contributed by atoms with Crippen molar-refractivity contribution in [2.75, 3.05) is 27.3 Å². The van der Waals surface area contributed by atoms with Gasteiger partial charge in [0.2, 0.25) is 0 Å². The summed E-state index contributed by atoms with van der Waals surface area (Å²) in [7, 11) is 3.34. The third kappa shape index (κ3) is 4.28. The van der Waals surface area contributed by atoms with Crippen molar-refractivity contribution < 1.29 is 18.7 Å². The highest BCUT2D eigenvalue weighted by Gasteiger charge is 2.37. The number of benzene rings is 1. The molecule has 2 aromatic heterocycles. The maximum absolute atomic E-state index is 13.6. The number of furan rings is 1.